The van der Waals surface area contributed by atoms with Crippen molar-refractivity contribution in [3.8, 4) is 5.75 Å². The molecule has 0 aromatic heterocycles. The zero-order chi connectivity index (χ0) is 16.9. The maximum atomic E-state index is 11.2. The number of carboxylic acid groups (broad SMARTS) is 3. The van der Waals surface area contributed by atoms with Crippen molar-refractivity contribution in [2.24, 2.45) is 0 Å². The molecule has 8 heteroatoms. The van der Waals surface area contributed by atoms with Gasteiger partial charge in [-0.3, -0.25) is 19.3 Å². The van der Waals surface area contributed by atoms with Gasteiger partial charge < -0.3 is 20.4 Å². The Morgan fingerprint density at radius 1 is 1.14 bits per heavy atom. The molecule has 120 valence electrons. The van der Waals surface area contributed by atoms with Gasteiger partial charge in [0.15, 0.2) is 0 Å². The first-order chi connectivity index (χ1) is 10.2. The zero-order valence-electron chi connectivity index (χ0n) is 11.9. The lowest BCUT2D eigenvalue weighted by Crippen LogP contribution is -2.44. The predicted octanol–water partition coefficient (Wildman–Crippen LogP) is 0.515. The summed E-state index contributed by atoms with van der Waals surface area (Å²) in [5.41, 5.74) is 1.13. The molecule has 1 rings (SSSR count). The standard InChI is InChI=1S/C14H17NO7/c1-8-2-3-11(16)9(4-8)6-15(7-13(19)20)10(14(21)22)5-12(17)18/h2-4,10,16H,5-7H2,1H3,(H,17,18)(H,19,20)(H,21,22)/t10-/m0/s1. The van der Waals surface area contributed by atoms with Crippen LogP contribution in [0.5, 0.6) is 5.75 Å². The van der Waals surface area contributed by atoms with Gasteiger partial charge in [0, 0.05) is 12.1 Å². The molecule has 0 heterocycles. The summed E-state index contributed by atoms with van der Waals surface area (Å²) in [4.78, 5) is 33.9. The van der Waals surface area contributed by atoms with Gasteiger partial charge >= 0.3 is 17.9 Å². The van der Waals surface area contributed by atoms with Crippen LogP contribution in [0.25, 0.3) is 0 Å². The molecule has 0 radical (unpaired) electrons. The second kappa shape index (κ2) is 7.41. The highest BCUT2D eigenvalue weighted by molar-refractivity contribution is 5.81. The van der Waals surface area contributed by atoms with Crippen molar-refractivity contribution in [3.63, 3.8) is 0 Å². The molecular weight excluding hydrogens is 294 g/mol. The van der Waals surface area contributed by atoms with E-state index in [1.165, 1.54) is 6.07 Å². The van der Waals surface area contributed by atoms with Gasteiger partial charge in [-0.05, 0) is 13.0 Å². The van der Waals surface area contributed by atoms with Crippen molar-refractivity contribution >= 4 is 17.9 Å². The first-order valence-electron chi connectivity index (χ1n) is 6.39. The van der Waals surface area contributed by atoms with Crippen LogP contribution in [-0.4, -0.2) is 55.8 Å². The Balaban J connectivity index is 3.10. The molecule has 0 unspecified atom stereocenters. The molecule has 0 saturated carbocycles. The molecule has 0 aliphatic heterocycles. The highest BCUT2D eigenvalue weighted by atomic mass is 16.4. The highest BCUT2D eigenvalue weighted by Crippen LogP contribution is 2.21. The summed E-state index contributed by atoms with van der Waals surface area (Å²) in [6, 6.07) is 3.14. The Morgan fingerprint density at radius 2 is 1.77 bits per heavy atom. The molecule has 0 aliphatic rings. The number of aromatic hydroxyl groups is 1. The Hall–Kier alpha value is -2.61. The van der Waals surface area contributed by atoms with Crippen molar-refractivity contribution < 1.29 is 34.8 Å². The molecule has 0 aliphatic carbocycles. The molecule has 8 nitrogen and oxygen atoms in total. The van der Waals surface area contributed by atoms with E-state index < -0.39 is 36.9 Å². The fourth-order valence-corrected chi connectivity index (χ4v) is 2.05. The third-order valence-electron chi connectivity index (χ3n) is 3.04. The third kappa shape index (κ3) is 5.06. The lowest BCUT2D eigenvalue weighted by Gasteiger charge is -2.26. The first kappa shape index (κ1) is 17.4. The predicted molar refractivity (Wildman–Crippen MR) is 74.6 cm³/mol. The van der Waals surface area contributed by atoms with Crippen LogP contribution in [0, 0.1) is 6.92 Å². The van der Waals surface area contributed by atoms with Crippen molar-refractivity contribution in [1.82, 2.24) is 4.90 Å². The molecule has 0 amide bonds. The summed E-state index contributed by atoms with van der Waals surface area (Å²) in [6.07, 6.45) is -0.741. The number of hydrogen-bond acceptors (Lipinski definition) is 5. The quantitative estimate of drug-likeness (QED) is 0.545. The van der Waals surface area contributed by atoms with Crippen molar-refractivity contribution in [2.45, 2.75) is 25.9 Å². The second-order valence-corrected chi connectivity index (χ2v) is 4.88. The number of phenols is 1. The van der Waals surface area contributed by atoms with Crippen molar-refractivity contribution in [3.05, 3.63) is 29.3 Å². The van der Waals surface area contributed by atoms with Crippen molar-refractivity contribution in [1.29, 1.82) is 0 Å². The van der Waals surface area contributed by atoms with Gasteiger partial charge in [-0.2, -0.15) is 0 Å². The maximum Gasteiger partial charge on any atom is 0.321 e. The summed E-state index contributed by atoms with van der Waals surface area (Å²) in [5, 5.41) is 36.6. The zero-order valence-corrected chi connectivity index (χ0v) is 11.9. The summed E-state index contributed by atoms with van der Waals surface area (Å²) < 4.78 is 0. The summed E-state index contributed by atoms with van der Waals surface area (Å²) in [7, 11) is 0. The van der Waals surface area contributed by atoms with Crippen LogP contribution in [0.4, 0.5) is 0 Å². The summed E-state index contributed by atoms with van der Waals surface area (Å²) in [6.45, 7) is 0.915. The lowest BCUT2D eigenvalue weighted by molar-refractivity contribution is -0.152. The average Bonchev–Trinajstić information content (AvgIpc) is 2.38. The van der Waals surface area contributed by atoms with E-state index in [-0.39, 0.29) is 12.3 Å². The smallest absolute Gasteiger partial charge is 0.321 e. The number of aryl methyl sites for hydroxylation is 1. The third-order valence-corrected chi connectivity index (χ3v) is 3.04. The largest absolute Gasteiger partial charge is 0.508 e. The van der Waals surface area contributed by atoms with Gasteiger partial charge in [-0.25, -0.2) is 0 Å². The number of hydrogen-bond donors (Lipinski definition) is 4. The van der Waals surface area contributed by atoms with E-state index in [9.17, 15) is 19.5 Å². The molecule has 0 spiro atoms. The topological polar surface area (TPSA) is 135 Å². The van der Waals surface area contributed by atoms with Gasteiger partial charge in [0.25, 0.3) is 0 Å². The SMILES string of the molecule is Cc1ccc(O)c(CN(CC(=O)O)[C@@H](CC(=O)O)C(=O)O)c1. The Bertz CT molecular complexity index is 585. The van der Waals surface area contributed by atoms with Crippen LogP contribution in [0.2, 0.25) is 0 Å². The first-order valence-corrected chi connectivity index (χ1v) is 6.39. The summed E-state index contributed by atoms with van der Waals surface area (Å²) >= 11 is 0. The minimum atomic E-state index is -1.51. The van der Waals surface area contributed by atoms with Gasteiger partial charge in [0.05, 0.1) is 13.0 Å². The van der Waals surface area contributed by atoms with Crippen LogP contribution < -0.4 is 0 Å². The molecule has 0 bridgehead atoms. The van der Waals surface area contributed by atoms with Gasteiger partial charge in [0.2, 0.25) is 0 Å². The van der Waals surface area contributed by atoms with Crippen LogP contribution >= 0.6 is 0 Å². The number of nitrogens with zero attached hydrogens (tertiary/aromatic N) is 1. The fourth-order valence-electron chi connectivity index (χ4n) is 2.05. The number of rotatable bonds is 8. The van der Waals surface area contributed by atoms with Crippen LogP contribution in [0.1, 0.15) is 17.5 Å². The monoisotopic (exact) mass is 311 g/mol. The maximum absolute atomic E-state index is 11.2. The molecular formula is C14H17NO7. The van der Waals surface area contributed by atoms with E-state index >= 15 is 0 Å². The van der Waals surface area contributed by atoms with Crippen molar-refractivity contribution in [2.75, 3.05) is 6.54 Å². The number of carboxylic acids is 3. The highest BCUT2D eigenvalue weighted by Gasteiger charge is 2.30. The molecule has 1 aromatic rings. The van der Waals surface area contributed by atoms with E-state index in [1.54, 1.807) is 19.1 Å². The van der Waals surface area contributed by atoms with Gasteiger partial charge in [0.1, 0.15) is 11.8 Å². The number of benzene rings is 1. The molecule has 0 saturated heterocycles. The minimum Gasteiger partial charge on any atom is -0.508 e. The molecule has 1 aromatic carbocycles. The number of carbonyl (C=O) groups is 3. The Morgan fingerprint density at radius 3 is 2.27 bits per heavy atom. The van der Waals surface area contributed by atoms with Gasteiger partial charge in [-0.1, -0.05) is 17.7 Å². The molecule has 1 atom stereocenters. The molecule has 22 heavy (non-hydrogen) atoms. The van der Waals surface area contributed by atoms with E-state index in [2.05, 4.69) is 0 Å². The average molecular weight is 311 g/mol. The van der Waals surface area contributed by atoms with E-state index in [4.69, 9.17) is 15.3 Å². The molecule has 4 N–H and O–H groups in total. The van der Waals surface area contributed by atoms with E-state index in [0.29, 0.717) is 5.56 Å². The number of phenolic OH excluding ortho intramolecular Hbond substituents is 1. The summed E-state index contributed by atoms with van der Waals surface area (Å²) in [5.74, 6) is -4.18. The second-order valence-electron chi connectivity index (χ2n) is 4.88. The van der Waals surface area contributed by atoms with Gasteiger partial charge in [-0.15, -0.1) is 0 Å². The van der Waals surface area contributed by atoms with E-state index in [0.717, 1.165) is 10.5 Å². The molecule has 0 fully saturated rings. The lowest BCUT2D eigenvalue weighted by atomic mass is 10.1. The Kier molecular flexibility index (Phi) is 5.88. The van der Waals surface area contributed by atoms with Crippen LogP contribution in [0.3, 0.4) is 0 Å². The normalized spacial score (nSPS) is 12.1. The van der Waals surface area contributed by atoms with E-state index in [1.807, 2.05) is 0 Å². The minimum absolute atomic E-state index is 0.111. The fraction of sp³-hybridized carbons (Fsp3) is 0.357. The van der Waals surface area contributed by atoms with Crippen LogP contribution in [0.15, 0.2) is 18.2 Å². The van der Waals surface area contributed by atoms with Crippen LogP contribution in [-0.2, 0) is 20.9 Å². The Labute approximate surface area is 126 Å². The number of aliphatic carboxylic acids is 3.